The Morgan fingerprint density at radius 2 is 1.84 bits per heavy atom. The summed E-state index contributed by atoms with van der Waals surface area (Å²) in [5.74, 6) is -0.826. The number of halogens is 1. The summed E-state index contributed by atoms with van der Waals surface area (Å²) in [4.78, 5) is 40.9. The minimum atomic E-state index is -0.358. The van der Waals surface area contributed by atoms with Crippen LogP contribution in [0.3, 0.4) is 0 Å². The first kappa shape index (κ1) is 17.9. The van der Waals surface area contributed by atoms with Crippen molar-refractivity contribution in [1.29, 1.82) is 0 Å². The molecule has 0 aliphatic carbocycles. The van der Waals surface area contributed by atoms with Gasteiger partial charge < -0.3 is 10.2 Å². The van der Waals surface area contributed by atoms with Gasteiger partial charge in [0.2, 0.25) is 5.91 Å². The van der Waals surface area contributed by atoms with E-state index in [1.54, 1.807) is 12.1 Å². The number of fused-ring (bicyclic) bond motifs is 3. The predicted molar refractivity (Wildman–Crippen MR) is 94.9 cm³/mol. The molecular weight excluding hydrogens is 342 g/mol. The van der Waals surface area contributed by atoms with Crippen molar-refractivity contribution in [3.05, 3.63) is 34.9 Å². The van der Waals surface area contributed by atoms with E-state index in [4.69, 9.17) is 0 Å². The van der Waals surface area contributed by atoms with Crippen molar-refractivity contribution in [3.63, 3.8) is 0 Å². The lowest BCUT2D eigenvalue weighted by Crippen LogP contribution is -2.48. The molecule has 1 N–H and O–H groups in total. The standard InChI is InChI=1S/C18H21N3O3.ClH/c1-11-2-5-14-15(8-11)18(24)20(17(14)23)10-16(22)21-12-3-4-13(21)9-19-7-6-12;/h2,5,8,12-13,19H,3-4,6-7,9-10H2,1H3;1H. The van der Waals surface area contributed by atoms with E-state index in [0.717, 1.165) is 42.8 Å². The normalized spacial score (nSPS) is 24.8. The predicted octanol–water partition coefficient (Wildman–Crippen LogP) is 1.37. The van der Waals surface area contributed by atoms with E-state index in [9.17, 15) is 14.4 Å². The SMILES string of the molecule is Cc1ccc2c(c1)C(=O)N(CC(=O)N1C3CCNCC1CC3)C2=O.Cl. The molecule has 134 valence electrons. The van der Waals surface area contributed by atoms with Crippen LogP contribution in [0.25, 0.3) is 0 Å². The summed E-state index contributed by atoms with van der Waals surface area (Å²) in [5.41, 5.74) is 1.74. The Morgan fingerprint density at radius 1 is 1.12 bits per heavy atom. The molecule has 4 rings (SSSR count). The molecule has 0 saturated carbocycles. The van der Waals surface area contributed by atoms with Crippen LogP contribution >= 0.6 is 12.4 Å². The molecule has 0 radical (unpaired) electrons. The van der Waals surface area contributed by atoms with Crippen LogP contribution in [0.5, 0.6) is 0 Å². The van der Waals surface area contributed by atoms with Gasteiger partial charge >= 0.3 is 0 Å². The van der Waals surface area contributed by atoms with Crippen molar-refractivity contribution >= 4 is 30.1 Å². The van der Waals surface area contributed by atoms with E-state index in [0.29, 0.717) is 11.1 Å². The molecule has 2 unspecified atom stereocenters. The van der Waals surface area contributed by atoms with Gasteiger partial charge in [0.05, 0.1) is 11.1 Å². The zero-order valence-corrected chi connectivity index (χ0v) is 15.0. The molecule has 7 heteroatoms. The van der Waals surface area contributed by atoms with Gasteiger partial charge in [0.1, 0.15) is 6.54 Å². The van der Waals surface area contributed by atoms with Crippen molar-refractivity contribution in [2.24, 2.45) is 0 Å². The van der Waals surface area contributed by atoms with Gasteiger partial charge in [-0.2, -0.15) is 0 Å². The molecule has 0 spiro atoms. The molecule has 3 aliphatic rings. The van der Waals surface area contributed by atoms with Crippen molar-refractivity contribution in [1.82, 2.24) is 15.1 Å². The fraction of sp³-hybridized carbons (Fsp3) is 0.500. The van der Waals surface area contributed by atoms with Crippen LogP contribution in [0.4, 0.5) is 0 Å². The summed E-state index contributed by atoms with van der Waals surface area (Å²) in [6.45, 7) is 3.44. The lowest BCUT2D eigenvalue weighted by Gasteiger charge is -2.29. The number of carbonyl (C=O) groups excluding carboxylic acids is 3. The highest BCUT2D eigenvalue weighted by molar-refractivity contribution is 6.22. The average Bonchev–Trinajstić information content (AvgIpc) is 2.95. The topological polar surface area (TPSA) is 69.7 Å². The first-order valence-electron chi connectivity index (χ1n) is 8.55. The summed E-state index contributed by atoms with van der Waals surface area (Å²) in [6, 6.07) is 5.63. The highest BCUT2D eigenvalue weighted by atomic mass is 35.5. The molecule has 1 aromatic carbocycles. The molecule has 0 aromatic heterocycles. The Balaban J connectivity index is 0.00000182. The van der Waals surface area contributed by atoms with E-state index < -0.39 is 0 Å². The molecule has 2 atom stereocenters. The zero-order chi connectivity index (χ0) is 16.8. The Kier molecular flexibility index (Phi) is 4.84. The number of nitrogens with one attached hydrogen (secondary N) is 1. The van der Waals surface area contributed by atoms with Crippen LogP contribution in [-0.2, 0) is 4.79 Å². The first-order chi connectivity index (χ1) is 11.6. The molecule has 6 nitrogen and oxygen atoms in total. The smallest absolute Gasteiger partial charge is 0.262 e. The van der Waals surface area contributed by atoms with E-state index in [-0.39, 0.29) is 48.8 Å². The highest BCUT2D eigenvalue weighted by Gasteiger charge is 2.42. The quantitative estimate of drug-likeness (QED) is 0.806. The first-order valence-corrected chi connectivity index (χ1v) is 8.55. The number of benzene rings is 1. The molecule has 3 heterocycles. The van der Waals surface area contributed by atoms with E-state index in [1.165, 1.54) is 0 Å². The molecule has 2 bridgehead atoms. The number of rotatable bonds is 2. The number of amides is 3. The maximum Gasteiger partial charge on any atom is 0.262 e. The number of aryl methyl sites for hydroxylation is 1. The van der Waals surface area contributed by atoms with Gasteiger partial charge in [-0.1, -0.05) is 11.6 Å². The largest absolute Gasteiger partial charge is 0.334 e. The highest BCUT2D eigenvalue weighted by Crippen LogP contribution is 2.29. The number of carbonyl (C=O) groups is 3. The lowest BCUT2D eigenvalue weighted by molar-refractivity contribution is -0.134. The van der Waals surface area contributed by atoms with Gasteiger partial charge in [0.25, 0.3) is 11.8 Å². The second kappa shape index (κ2) is 6.77. The van der Waals surface area contributed by atoms with Gasteiger partial charge in [0.15, 0.2) is 0 Å². The molecule has 3 aliphatic heterocycles. The summed E-state index contributed by atoms with van der Waals surface area (Å²) < 4.78 is 0. The average molecular weight is 364 g/mol. The Hall–Kier alpha value is -1.92. The monoisotopic (exact) mass is 363 g/mol. The molecule has 2 saturated heterocycles. The maximum absolute atomic E-state index is 12.8. The minimum Gasteiger partial charge on any atom is -0.334 e. The van der Waals surface area contributed by atoms with Crippen molar-refractivity contribution in [2.45, 2.75) is 38.3 Å². The van der Waals surface area contributed by atoms with Crippen molar-refractivity contribution in [2.75, 3.05) is 19.6 Å². The minimum absolute atomic E-state index is 0. The second-order valence-corrected chi connectivity index (χ2v) is 6.92. The van der Waals surface area contributed by atoms with Crippen LogP contribution in [0.1, 0.15) is 45.5 Å². The van der Waals surface area contributed by atoms with Gasteiger partial charge in [-0.25, -0.2) is 0 Å². The molecule has 25 heavy (non-hydrogen) atoms. The maximum atomic E-state index is 12.8. The van der Waals surface area contributed by atoms with Crippen molar-refractivity contribution < 1.29 is 14.4 Å². The van der Waals surface area contributed by atoms with Gasteiger partial charge in [-0.15, -0.1) is 12.4 Å². The number of nitrogens with zero attached hydrogens (tertiary/aromatic N) is 2. The van der Waals surface area contributed by atoms with Gasteiger partial charge in [-0.05, 0) is 44.9 Å². The third-order valence-electron chi connectivity index (χ3n) is 5.36. The summed E-state index contributed by atoms with van der Waals surface area (Å²) in [7, 11) is 0. The van der Waals surface area contributed by atoms with E-state index in [2.05, 4.69) is 5.32 Å². The van der Waals surface area contributed by atoms with Crippen LogP contribution in [-0.4, -0.2) is 59.2 Å². The Morgan fingerprint density at radius 3 is 2.64 bits per heavy atom. The zero-order valence-electron chi connectivity index (χ0n) is 14.2. The summed E-state index contributed by atoms with van der Waals surface area (Å²) >= 11 is 0. The van der Waals surface area contributed by atoms with Crippen LogP contribution in [0.15, 0.2) is 18.2 Å². The lowest BCUT2D eigenvalue weighted by atomic mass is 10.1. The number of hydrogen-bond acceptors (Lipinski definition) is 4. The fourth-order valence-electron chi connectivity index (χ4n) is 4.15. The van der Waals surface area contributed by atoms with Crippen molar-refractivity contribution in [3.8, 4) is 0 Å². The van der Waals surface area contributed by atoms with Gasteiger partial charge in [0, 0.05) is 18.6 Å². The second-order valence-electron chi connectivity index (χ2n) is 6.92. The Bertz CT molecular complexity index is 722. The van der Waals surface area contributed by atoms with Crippen LogP contribution < -0.4 is 5.32 Å². The molecule has 2 fully saturated rings. The summed E-state index contributed by atoms with van der Waals surface area (Å²) in [6.07, 6.45) is 2.94. The van der Waals surface area contributed by atoms with E-state index in [1.807, 2.05) is 17.9 Å². The molecule has 1 aromatic rings. The van der Waals surface area contributed by atoms with Crippen LogP contribution in [0.2, 0.25) is 0 Å². The third-order valence-corrected chi connectivity index (χ3v) is 5.36. The molecule has 3 amide bonds. The Labute approximate surface area is 153 Å². The fourth-order valence-corrected chi connectivity index (χ4v) is 4.15. The molecular formula is C18H22ClN3O3. The number of hydrogen-bond donors (Lipinski definition) is 1. The third kappa shape index (κ3) is 2.93. The van der Waals surface area contributed by atoms with Crippen LogP contribution in [0, 0.1) is 6.92 Å². The number of imide groups is 1. The summed E-state index contributed by atoms with van der Waals surface area (Å²) in [5, 5.41) is 3.35. The van der Waals surface area contributed by atoms with E-state index >= 15 is 0 Å². The van der Waals surface area contributed by atoms with Gasteiger partial charge in [-0.3, -0.25) is 19.3 Å².